The highest BCUT2D eigenvalue weighted by Gasteiger charge is 2.44. The molecule has 6 heteroatoms. The number of alkyl halides is 3. The molecule has 0 heterocycles. The maximum absolute atomic E-state index is 12.0. The second kappa shape index (κ2) is 3.17. The van der Waals surface area contributed by atoms with Crippen LogP contribution in [0.3, 0.4) is 0 Å². The maximum Gasteiger partial charge on any atom is 0.400 e. The molecule has 1 aliphatic carbocycles. The van der Waals surface area contributed by atoms with E-state index < -0.39 is 18.0 Å². The number of carbonyl (C=O) groups excluding carboxylic acids is 1. The van der Waals surface area contributed by atoms with Crippen molar-refractivity contribution in [2.24, 2.45) is 11.7 Å². The molecule has 1 fully saturated rings. The summed E-state index contributed by atoms with van der Waals surface area (Å²) in [5.41, 5.74) is 5.33. The summed E-state index contributed by atoms with van der Waals surface area (Å²) in [5, 5.41) is 2.23. The zero-order valence-electron chi connectivity index (χ0n) is 7.06. The van der Waals surface area contributed by atoms with Crippen molar-refractivity contribution < 1.29 is 18.0 Å². The molecule has 3 atom stereocenters. The van der Waals surface area contributed by atoms with Crippen LogP contribution in [-0.4, -0.2) is 24.2 Å². The predicted molar refractivity (Wildman–Crippen MR) is 39.7 cm³/mol. The Bertz CT molecular complexity index is 216. The van der Waals surface area contributed by atoms with Crippen molar-refractivity contribution in [2.75, 3.05) is 0 Å². The van der Waals surface area contributed by atoms with E-state index in [1.165, 1.54) is 0 Å². The van der Waals surface area contributed by atoms with Crippen LogP contribution in [0.1, 0.15) is 13.3 Å². The van der Waals surface area contributed by atoms with Crippen molar-refractivity contribution in [2.45, 2.75) is 31.6 Å². The molecule has 0 aromatic rings. The number of nitrogens with two attached hydrogens (primary N) is 1. The van der Waals surface area contributed by atoms with Crippen LogP contribution in [0.5, 0.6) is 0 Å². The topological polar surface area (TPSA) is 55.1 Å². The normalized spacial score (nSPS) is 29.6. The third-order valence-corrected chi connectivity index (χ3v) is 2.05. The van der Waals surface area contributed by atoms with Gasteiger partial charge < -0.3 is 11.1 Å². The Morgan fingerprint density at radius 1 is 1.62 bits per heavy atom. The number of hydrogen-bond donors (Lipinski definition) is 2. The first-order chi connectivity index (χ1) is 5.82. The summed E-state index contributed by atoms with van der Waals surface area (Å²) >= 11 is 0. The zero-order chi connectivity index (χ0) is 10.2. The lowest BCUT2D eigenvalue weighted by Crippen LogP contribution is -2.40. The van der Waals surface area contributed by atoms with E-state index in [1.54, 1.807) is 0 Å². The standard InChI is InChI=1S/C7H11F3N2O/c1-3(7(8,9)10)6(13)12-5-2-4(5)11/h3-5H,2,11H2,1H3,(H,12,13). The van der Waals surface area contributed by atoms with Gasteiger partial charge in [-0.2, -0.15) is 13.2 Å². The number of rotatable bonds is 2. The lowest BCUT2D eigenvalue weighted by atomic mass is 10.1. The summed E-state index contributed by atoms with van der Waals surface area (Å²) < 4.78 is 35.9. The Hall–Kier alpha value is -0.780. The molecule has 3 nitrogen and oxygen atoms in total. The average molecular weight is 196 g/mol. The molecule has 1 rings (SSSR count). The van der Waals surface area contributed by atoms with Gasteiger partial charge in [-0.3, -0.25) is 4.79 Å². The Morgan fingerprint density at radius 2 is 2.08 bits per heavy atom. The second-order valence-electron chi connectivity index (χ2n) is 3.28. The summed E-state index contributed by atoms with van der Waals surface area (Å²) in [6.07, 6.45) is -3.90. The lowest BCUT2D eigenvalue weighted by Gasteiger charge is -2.14. The van der Waals surface area contributed by atoms with Crippen LogP contribution in [0, 0.1) is 5.92 Å². The second-order valence-corrected chi connectivity index (χ2v) is 3.28. The van der Waals surface area contributed by atoms with E-state index >= 15 is 0 Å². The van der Waals surface area contributed by atoms with Crippen LogP contribution in [-0.2, 0) is 4.79 Å². The largest absolute Gasteiger partial charge is 0.400 e. The van der Waals surface area contributed by atoms with Crippen molar-refractivity contribution in [3.05, 3.63) is 0 Å². The van der Waals surface area contributed by atoms with E-state index in [0.717, 1.165) is 6.92 Å². The molecular formula is C7H11F3N2O. The minimum atomic E-state index is -4.47. The monoisotopic (exact) mass is 196 g/mol. The average Bonchev–Trinajstić information content (AvgIpc) is 2.63. The quantitative estimate of drug-likeness (QED) is 0.671. The van der Waals surface area contributed by atoms with E-state index in [2.05, 4.69) is 5.32 Å². The van der Waals surface area contributed by atoms with Crippen LogP contribution in [0.25, 0.3) is 0 Å². The van der Waals surface area contributed by atoms with Crippen molar-refractivity contribution >= 4 is 5.91 Å². The first-order valence-electron chi connectivity index (χ1n) is 3.95. The third kappa shape index (κ3) is 2.58. The van der Waals surface area contributed by atoms with E-state index in [0.29, 0.717) is 6.42 Å². The minimum absolute atomic E-state index is 0.176. The molecule has 0 saturated heterocycles. The molecule has 0 aromatic heterocycles. The SMILES string of the molecule is CC(C(=O)NC1CC1N)C(F)(F)F. The fourth-order valence-electron chi connectivity index (χ4n) is 0.837. The van der Waals surface area contributed by atoms with Crippen LogP contribution < -0.4 is 11.1 Å². The molecule has 0 aliphatic heterocycles. The van der Waals surface area contributed by atoms with Gasteiger partial charge in [0.15, 0.2) is 0 Å². The molecule has 0 spiro atoms. The molecule has 1 amide bonds. The lowest BCUT2D eigenvalue weighted by molar-refractivity contribution is -0.178. The van der Waals surface area contributed by atoms with Gasteiger partial charge in [0.25, 0.3) is 0 Å². The van der Waals surface area contributed by atoms with E-state index in [9.17, 15) is 18.0 Å². The molecule has 1 saturated carbocycles. The van der Waals surface area contributed by atoms with Crippen molar-refractivity contribution in [1.29, 1.82) is 0 Å². The van der Waals surface area contributed by atoms with Gasteiger partial charge in [0.05, 0.1) is 0 Å². The van der Waals surface area contributed by atoms with Gasteiger partial charge in [-0.25, -0.2) is 0 Å². The molecule has 0 bridgehead atoms. The highest BCUT2D eigenvalue weighted by Crippen LogP contribution is 2.27. The number of halogens is 3. The fraction of sp³-hybridized carbons (Fsp3) is 0.857. The highest BCUT2D eigenvalue weighted by molar-refractivity contribution is 5.79. The van der Waals surface area contributed by atoms with Gasteiger partial charge in [0, 0.05) is 12.1 Å². The van der Waals surface area contributed by atoms with Crippen LogP contribution in [0.2, 0.25) is 0 Å². The smallest absolute Gasteiger partial charge is 0.351 e. The predicted octanol–water partition coefficient (Wildman–Crippen LogP) is 0.401. The fourth-order valence-corrected chi connectivity index (χ4v) is 0.837. The van der Waals surface area contributed by atoms with Crippen molar-refractivity contribution in [1.82, 2.24) is 5.32 Å². The van der Waals surface area contributed by atoms with Gasteiger partial charge in [-0.15, -0.1) is 0 Å². The zero-order valence-corrected chi connectivity index (χ0v) is 7.06. The number of amides is 1. The molecule has 3 unspecified atom stereocenters. The van der Waals surface area contributed by atoms with Gasteiger partial charge >= 0.3 is 6.18 Å². The summed E-state index contributed by atoms with van der Waals surface area (Å²) in [5.74, 6) is -2.95. The Kier molecular flexibility index (Phi) is 2.51. The van der Waals surface area contributed by atoms with Crippen LogP contribution >= 0.6 is 0 Å². The Labute approximate surface area is 73.5 Å². The van der Waals surface area contributed by atoms with Gasteiger partial charge in [0.1, 0.15) is 5.92 Å². The summed E-state index contributed by atoms with van der Waals surface area (Å²) in [6, 6.07) is -0.443. The molecule has 13 heavy (non-hydrogen) atoms. The highest BCUT2D eigenvalue weighted by atomic mass is 19.4. The Balaban J connectivity index is 2.39. The molecule has 76 valence electrons. The van der Waals surface area contributed by atoms with E-state index in [-0.39, 0.29) is 12.1 Å². The van der Waals surface area contributed by atoms with Crippen molar-refractivity contribution in [3.63, 3.8) is 0 Å². The number of hydrogen-bond acceptors (Lipinski definition) is 2. The molecular weight excluding hydrogens is 185 g/mol. The van der Waals surface area contributed by atoms with Crippen LogP contribution in [0.4, 0.5) is 13.2 Å². The first-order valence-corrected chi connectivity index (χ1v) is 3.95. The number of carbonyl (C=O) groups is 1. The Morgan fingerprint density at radius 3 is 2.38 bits per heavy atom. The molecule has 0 radical (unpaired) electrons. The van der Waals surface area contributed by atoms with Gasteiger partial charge in [0.2, 0.25) is 5.91 Å². The third-order valence-electron chi connectivity index (χ3n) is 2.05. The molecule has 1 aliphatic rings. The summed E-state index contributed by atoms with van der Waals surface area (Å²) in [7, 11) is 0. The minimum Gasteiger partial charge on any atom is -0.351 e. The molecule has 3 N–H and O–H groups in total. The maximum atomic E-state index is 12.0. The van der Waals surface area contributed by atoms with E-state index in [4.69, 9.17) is 5.73 Å². The van der Waals surface area contributed by atoms with Gasteiger partial charge in [-0.05, 0) is 13.3 Å². The molecule has 0 aromatic carbocycles. The van der Waals surface area contributed by atoms with Gasteiger partial charge in [-0.1, -0.05) is 0 Å². The van der Waals surface area contributed by atoms with Crippen molar-refractivity contribution in [3.8, 4) is 0 Å². The van der Waals surface area contributed by atoms with Crippen LogP contribution in [0.15, 0.2) is 0 Å². The summed E-state index contributed by atoms with van der Waals surface area (Å²) in [4.78, 5) is 10.9. The summed E-state index contributed by atoms with van der Waals surface area (Å²) in [6.45, 7) is 0.837. The first kappa shape index (κ1) is 10.3. The number of nitrogens with one attached hydrogen (secondary N) is 1. The van der Waals surface area contributed by atoms with E-state index in [1.807, 2.05) is 0 Å².